The van der Waals surface area contributed by atoms with Gasteiger partial charge in [0.15, 0.2) is 5.13 Å². The zero-order valence-corrected chi connectivity index (χ0v) is 21.0. The number of nitrogens with zero attached hydrogens (tertiary/aromatic N) is 2. The molecule has 174 valence electrons. The van der Waals surface area contributed by atoms with Gasteiger partial charge in [-0.1, -0.05) is 25.2 Å². The first kappa shape index (κ1) is 23.6. The second-order valence-corrected chi connectivity index (χ2v) is 12.0. The van der Waals surface area contributed by atoms with E-state index < -0.39 is 22.0 Å². The van der Waals surface area contributed by atoms with Gasteiger partial charge in [-0.25, -0.2) is 18.4 Å². The fraction of sp³-hybridized carbons (Fsp3) is 0.318. The highest BCUT2D eigenvalue weighted by Crippen LogP contribution is 2.30. The van der Waals surface area contributed by atoms with E-state index in [-0.39, 0.29) is 10.8 Å². The van der Waals surface area contributed by atoms with Gasteiger partial charge in [0.05, 0.1) is 37.4 Å². The van der Waals surface area contributed by atoms with Crippen molar-refractivity contribution in [3.8, 4) is 5.75 Å². The van der Waals surface area contributed by atoms with Crippen LogP contribution >= 0.6 is 22.7 Å². The standard InChI is InChI=1S/C22H24N4O4S3/c1-12(2)9-18(21(27)25-22-24-17-7-5-14(30-4)10-19(17)32-22)26-33(28,29)15-6-8-16-20(11-15)31-13(3)23-16/h5-8,10-12,18,26H,9H2,1-4H3,(H,24,25,27)/t18-/m1/s1. The minimum Gasteiger partial charge on any atom is -0.497 e. The maximum absolute atomic E-state index is 13.1. The molecule has 2 heterocycles. The van der Waals surface area contributed by atoms with E-state index in [1.807, 2.05) is 32.9 Å². The summed E-state index contributed by atoms with van der Waals surface area (Å²) in [5.41, 5.74) is 1.48. The fourth-order valence-corrected chi connectivity index (χ4v) is 6.47. The van der Waals surface area contributed by atoms with Gasteiger partial charge in [-0.2, -0.15) is 4.72 Å². The van der Waals surface area contributed by atoms with Crippen molar-refractivity contribution in [3.05, 3.63) is 41.4 Å². The Hall–Kier alpha value is -2.60. The third kappa shape index (κ3) is 5.32. The molecule has 33 heavy (non-hydrogen) atoms. The molecule has 0 saturated heterocycles. The Morgan fingerprint density at radius 3 is 2.48 bits per heavy atom. The van der Waals surface area contributed by atoms with Crippen molar-refractivity contribution in [3.63, 3.8) is 0 Å². The number of ether oxygens (including phenoxy) is 1. The van der Waals surface area contributed by atoms with Crippen LogP contribution in [0.25, 0.3) is 20.4 Å². The molecule has 0 radical (unpaired) electrons. The molecule has 2 N–H and O–H groups in total. The number of carbonyl (C=O) groups excluding carboxylic acids is 1. The van der Waals surface area contributed by atoms with E-state index >= 15 is 0 Å². The highest BCUT2D eigenvalue weighted by Gasteiger charge is 2.27. The average molecular weight is 505 g/mol. The summed E-state index contributed by atoms with van der Waals surface area (Å²) in [6.07, 6.45) is 0.339. The second-order valence-electron chi connectivity index (χ2n) is 8.01. The first-order chi connectivity index (χ1) is 15.6. The number of hydrogen-bond donors (Lipinski definition) is 2. The SMILES string of the molecule is COc1ccc2nc(NC(=O)[C@@H](CC(C)C)NS(=O)(=O)c3ccc4nc(C)sc4c3)sc2c1. The lowest BCUT2D eigenvalue weighted by atomic mass is 10.0. The van der Waals surface area contributed by atoms with Crippen LogP contribution in [0.15, 0.2) is 41.3 Å². The number of aryl methyl sites for hydroxylation is 1. The van der Waals surface area contributed by atoms with Crippen LogP contribution in [0.5, 0.6) is 5.75 Å². The number of aromatic nitrogens is 2. The van der Waals surface area contributed by atoms with E-state index in [1.54, 1.807) is 25.3 Å². The van der Waals surface area contributed by atoms with Gasteiger partial charge in [-0.3, -0.25) is 4.79 Å². The minimum absolute atomic E-state index is 0.0923. The number of sulfonamides is 1. The number of rotatable bonds is 8. The second kappa shape index (κ2) is 9.34. The van der Waals surface area contributed by atoms with Crippen molar-refractivity contribution < 1.29 is 17.9 Å². The Labute approximate surface area is 200 Å². The molecule has 0 aliphatic heterocycles. The summed E-state index contributed by atoms with van der Waals surface area (Å²) in [6, 6.07) is 9.28. The lowest BCUT2D eigenvalue weighted by molar-refractivity contribution is -0.118. The molecule has 11 heteroatoms. The minimum atomic E-state index is -3.92. The number of carbonyl (C=O) groups is 1. The van der Waals surface area contributed by atoms with Crippen molar-refractivity contribution in [1.29, 1.82) is 0 Å². The number of nitrogens with one attached hydrogen (secondary N) is 2. The lowest BCUT2D eigenvalue weighted by Gasteiger charge is -2.19. The van der Waals surface area contributed by atoms with Crippen LogP contribution in [0.2, 0.25) is 0 Å². The number of methoxy groups -OCH3 is 1. The van der Waals surface area contributed by atoms with E-state index in [9.17, 15) is 13.2 Å². The van der Waals surface area contributed by atoms with Gasteiger partial charge in [-0.05, 0) is 55.7 Å². The average Bonchev–Trinajstić information content (AvgIpc) is 3.32. The Morgan fingerprint density at radius 2 is 1.76 bits per heavy atom. The first-order valence-electron chi connectivity index (χ1n) is 10.3. The number of amides is 1. The van der Waals surface area contributed by atoms with Crippen LogP contribution in [-0.4, -0.2) is 37.4 Å². The normalized spacial score (nSPS) is 13.0. The predicted octanol–water partition coefficient (Wildman–Crippen LogP) is 4.55. The summed E-state index contributed by atoms with van der Waals surface area (Å²) < 4.78 is 35.7. The van der Waals surface area contributed by atoms with Crippen LogP contribution in [0.3, 0.4) is 0 Å². The lowest BCUT2D eigenvalue weighted by Crippen LogP contribution is -2.44. The van der Waals surface area contributed by atoms with Gasteiger partial charge >= 0.3 is 0 Å². The molecule has 0 aliphatic rings. The number of anilines is 1. The topological polar surface area (TPSA) is 110 Å². The van der Waals surface area contributed by atoms with Crippen molar-refractivity contribution in [2.75, 3.05) is 12.4 Å². The molecular formula is C22H24N4O4S3. The van der Waals surface area contributed by atoms with Crippen molar-refractivity contribution in [1.82, 2.24) is 14.7 Å². The summed E-state index contributed by atoms with van der Waals surface area (Å²) in [4.78, 5) is 22.0. The summed E-state index contributed by atoms with van der Waals surface area (Å²) in [5, 5.41) is 4.03. The predicted molar refractivity (Wildman–Crippen MR) is 133 cm³/mol. The van der Waals surface area contributed by atoms with E-state index in [4.69, 9.17) is 4.74 Å². The zero-order valence-electron chi connectivity index (χ0n) is 18.6. The van der Waals surface area contributed by atoms with Gasteiger partial charge < -0.3 is 10.1 Å². The molecule has 0 fully saturated rings. The Kier molecular flexibility index (Phi) is 6.66. The molecule has 8 nitrogen and oxygen atoms in total. The van der Waals surface area contributed by atoms with Crippen LogP contribution in [0, 0.1) is 12.8 Å². The van der Waals surface area contributed by atoms with Crippen LogP contribution in [0.4, 0.5) is 5.13 Å². The maximum Gasteiger partial charge on any atom is 0.244 e. The van der Waals surface area contributed by atoms with Crippen LogP contribution in [-0.2, 0) is 14.8 Å². The van der Waals surface area contributed by atoms with Crippen molar-refractivity contribution >= 4 is 64.2 Å². The molecule has 0 saturated carbocycles. The number of benzene rings is 2. The summed E-state index contributed by atoms with van der Waals surface area (Å²) >= 11 is 2.73. The van der Waals surface area contributed by atoms with Gasteiger partial charge in [0.2, 0.25) is 15.9 Å². The largest absolute Gasteiger partial charge is 0.497 e. The van der Waals surface area contributed by atoms with Crippen molar-refractivity contribution in [2.45, 2.75) is 38.1 Å². The third-order valence-corrected chi connectivity index (χ3v) is 8.26. The number of hydrogen-bond acceptors (Lipinski definition) is 8. The Morgan fingerprint density at radius 1 is 1.06 bits per heavy atom. The molecule has 0 unspecified atom stereocenters. The zero-order chi connectivity index (χ0) is 23.8. The monoisotopic (exact) mass is 504 g/mol. The molecular weight excluding hydrogens is 480 g/mol. The molecule has 4 rings (SSSR count). The molecule has 2 aromatic heterocycles. The molecule has 0 spiro atoms. The molecule has 1 atom stereocenters. The molecule has 0 aliphatic carbocycles. The highest BCUT2D eigenvalue weighted by atomic mass is 32.2. The van der Waals surface area contributed by atoms with Crippen LogP contribution < -0.4 is 14.8 Å². The number of fused-ring (bicyclic) bond motifs is 2. The van der Waals surface area contributed by atoms with Crippen LogP contribution in [0.1, 0.15) is 25.3 Å². The molecule has 4 aromatic rings. The molecule has 1 amide bonds. The summed E-state index contributed by atoms with van der Waals surface area (Å²) in [6.45, 7) is 5.74. The molecule has 0 bridgehead atoms. The van der Waals surface area contributed by atoms with E-state index in [1.165, 1.54) is 28.7 Å². The smallest absolute Gasteiger partial charge is 0.244 e. The van der Waals surface area contributed by atoms with Gasteiger partial charge in [0.1, 0.15) is 11.8 Å². The van der Waals surface area contributed by atoms with E-state index in [2.05, 4.69) is 20.0 Å². The first-order valence-corrected chi connectivity index (χ1v) is 13.4. The maximum atomic E-state index is 13.1. The van der Waals surface area contributed by atoms with E-state index in [0.717, 1.165) is 25.4 Å². The van der Waals surface area contributed by atoms with E-state index in [0.29, 0.717) is 17.3 Å². The fourth-order valence-electron chi connectivity index (χ4n) is 3.40. The highest BCUT2D eigenvalue weighted by molar-refractivity contribution is 7.89. The quantitative estimate of drug-likeness (QED) is 0.364. The third-order valence-electron chi connectivity index (χ3n) is 4.92. The van der Waals surface area contributed by atoms with Gasteiger partial charge in [0, 0.05) is 0 Å². The Bertz CT molecular complexity index is 1430. The summed E-state index contributed by atoms with van der Waals surface area (Å²) in [7, 11) is -2.34. The van der Waals surface area contributed by atoms with Gasteiger partial charge in [-0.15, -0.1) is 11.3 Å². The molecule has 2 aromatic carbocycles. The Balaban J connectivity index is 1.56. The number of thiazole rings is 2. The van der Waals surface area contributed by atoms with Gasteiger partial charge in [0.25, 0.3) is 0 Å². The van der Waals surface area contributed by atoms with Crippen molar-refractivity contribution in [2.24, 2.45) is 5.92 Å². The summed E-state index contributed by atoms with van der Waals surface area (Å²) in [5.74, 6) is 0.338.